The summed E-state index contributed by atoms with van der Waals surface area (Å²) in [7, 11) is 0. The van der Waals surface area contributed by atoms with Gasteiger partial charge in [-0.1, -0.05) is 18.5 Å². The van der Waals surface area contributed by atoms with Gasteiger partial charge in [-0.3, -0.25) is 4.79 Å². The average molecular weight is 395 g/mol. The molecule has 1 amide bonds. The number of piperidine rings is 1. The molecule has 1 aliphatic heterocycles. The molecule has 0 unspecified atom stereocenters. The molecule has 4 nitrogen and oxygen atoms in total. The Morgan fingerprint density at radius 3 is 2.36 bits per heavy atom. The summed E-state index contributed by atoms with van der Waals surface area (Å²) >= 11 is 5.91. The Morgan fingerprint density at radius 1 is 1.00 bits per heavy atom. The van der Waals surface area contributed by atoms with Crippen LogP contribution in [0.2, 0.25) is 5.02 Å². The van der Waals surface area contributed by atoms with E-state index in [2.05, 4.69) is 29.3 Å². The number of carbonyl (C=O) groups excluding carboxylic acids is 1. The predicted molar refractivity (Wildman–Crippen MR) is 114 cm³/mol. The Balaban J connectivity index is 1.40. The molecule has 0 bridgehead atoms. The zero-order chi connectivity index (χ0) is 19.5. The molecule has 0 spiro atoms. The van der Waals surface area contributed by atoms with Crippen molar-refractivity contribution in [2.45, 2.75) is 19.8 Å². The lowest BCUT2D eigenvalue weighted by molar-refractivity contribution is 0.0997. The summed E-state index contributed by atoms with van der Waals surface area (Å²) in [6.45, 7) is 4.49. The molecule has 0 aliphatic carbocycles. The highest BCUT2D eigenvalue weighted by atomic mass is 35.5. The number of nitrogens with zero attached hydrogens (tertiary/aromatic N) is 1. The summed E-state index contributed by atoms with van der Waals surface area (Å²) in [6.07, 6.45) is 2.46. The van der Waals surface area contributed by atoms with Crippen molar-refractivity contribution in [3.63, 3.8) is 0 Å². The molecule has 28 heavy (non-hydrogen) atoms. The number of hydrogen-bond donors (Lipinski definition) is 1. The topological polar surface area (TPSA) is 45.5 Å². The van der Waals surface area contributed by atoms with Crippen LogP contribution in [0, 0.1) is 5.92 Å². The van der Waals surface area contributed by atoms with E-state index in [1.165, 1.54) is 18.5 Å². The van der Waals surface area contributed by atoms with E-state index in [4.69, 9.17) is 16.0 Å². The maximum absolute atomic E-state index is 12.5. The number of carbonyl (C=O) groups is 1. The first-order valence-electron chi connectivity index (χ1n) is 9.60. The van der Waals surface area contributed by atoms with Gasteiger partial charge < -0.3 is 14.6 Å². The van der Waals surface area contributed by atoms with Crippen LogP contribution >= 0.6 is 11.6 Å². The van der Waals surface area contributed by atoms with Crippen LogP contribution in [0.15, 0.2) is 65.1 Å². The fraction of sp³-hybridized carbons (Fsp3) is 0.261. The van der Waals surface area contributed by atoms with E-state index < -0.39 is 0 Å². The minimum absolute atomic E-state index is 0.264. The van der Waals surface area contributed by atoms with Crippen LogP contribution < -0.4 is 10.2 Å². The van der Waals surface area contributed by atoms with Gasteiger partial charge in [0, 0.05) is 35.1 Å². The molecule has 3 aromatic rings. The molecule has 1 saturated heterocycles. The summed E-state index contributed by atoms with van der Waals surface area (Å²) in [6, 6.07) is 18.8. The SMILES string of the molecule is CC1CCN(c2ccc(NC(=O)c3ccc(-c4ccc(Cl)cc4)o3)cc2)CC1. The van der Waals surface area contributed by atoms with Gasteiger partial charge in [-0.2, -0.15) is 0 Å². The Labute approximate surface area is 170 Å². The van der Waals surface area contributed by atoms with Crippen LogP contribution in [0.3, 0.4) is 0 Å². The lowest BCUT2D eigenvalue weighted by Gasteiger charge is -2.32. The molecule has 144 valence electrons. The Bertz CT molecular complexity index is 939. The fourth-order valence-corrected chi connectivity index (χ4v) is 3.57. The van der Waals surface area contributed by atoms with Gasteiger partial charge in [0.2, 0.25) is 0 Å². The minimum Gasteiger partial charge on any atom is -0.451 e. The second kappa shape index (κ2) is 8.11. The predicted octanol–water partition coefficient (Wildman–Crippen LogP) is 6.09. The van der Waals surface area contributed by atoms with E-state index in [1.54, 1.807) is 24.3 Å². The highest BCUT2D eigenvalue weighted by Gasteiger charge is 2.16. The summed E-state index contributed by atoms with van der Waals surface area (Å²) in [5.41, 5.74) is 2.83. The molecule has 1 aliphatic rings. The maximum Gasteiger partial charge on any atom is 0.291 e. The minimum atomic E-state index is -0.264. The number of furan rings is 1. The van der Waals surface area contributed by atoms with Crippen molar-refractivity contribution < 1.29 is 9.21 Å². The number of benzene rings is 2. The van der Waals surface area contributed by atoms with Crippen LogP contribution in [-0.4, -0.2) is 19.0 Å². The van der Waals surface area contributed by atoms with E-state index in [1.807, 2.05) is 24.3 Å². The fourth-order valence-electron chi connectivity index (χ4n) is 3.44. The van der Waals surface area contributed by atoms with Gasteiger partial charge in [0.25, 0.3) is 5.91 Å². The summed E-state index contributed by atoms with van der Waals surface area (Å²) in [5, 5.41) is 3.56. The largest absolute Gasteiger partial charge is 0.451 e. The highest BCUT2D eigenvalue weighted by Crippen LogP contribution is 2.26. The normalized spacial score (nSPS) is 14.9. The number of hydrogen-bond acceptors (Lipinski definition) is 3. The van der Waals surface area contributed by atoms with E-state index in [0.29, 0.717) is 10.8 Å². The second-order valence-corrected chi connectivity index (χ2v) is 7.78. The summed E-state index contributed by atoms with van der Waals surface area (Å²) in [5.74, 6) is 1.45. The van der Waals surface area contributed by atoms with Crippen molar-refractivity contribution in [1.82, 2.24) is 0 Å². The zero-order valence-electron chi connectivity index (χ0n) is 15.8. The van der Waals surface area contributed by atoms with Crippen molar-refractivity contribution in [2.75, 3.05) is 23.3 Å². The lowest BCUT2D eigenvalue weighted by Crippen LogP contribution is -2.32. The number of halogens is 1. The van der Waals surface area contributed by atoms with Crippen LogP contribution in [0.25, 0.3) is 11.3 Å². The van der Waals surface area contributed by atoms with Crippen LogP contribution in [0.4, 0.5) is 11.4 Å². The third-order valence-electron chi connectivity index (χ3n) is 5.23. The maximum atomic E-state index is 12.5. The summed E-state index contributed by atoms with van der Waals surface area (Å²) < 4.78 is 5.71. The van der Waals surface area contributed by atoms with Crippen LogP contribution in [0.1, 0.15) is 30.3 Å². The molecule has 5 heteroatoms. The van der Waals surface area contributed by atoms with Gasteiger partial charge in [-0.15, -0.1) is 0 Å². The monoisotopic (exact) mass is 394 g/mol. The number of rotatable bonds is 4. The number of anilines is 2. The smallest absolute Gasteiger partial charge is 0.291 e. The van der Waals surface area contributed by atoms with E-state index >= 15 is 0 Å². The van der Waals surface area contributed by atoms with Crippen molar-refractivity contribution in [1.29, 1.82) is 0 Å². The second-order valence-electron chi connectivity index (χ2n) is 7.34. The first-order valence-corrected chi connectivity index (χ1v) is 9.98. The van der Waals surface area contributed by atoms with Gasteiger partial charge in [-0.25, -0.2) is 0 Å². The molecule has 0 saturated carbocycles. The lowest BCUT2D eigenvalue weighted by atomic mass is 9.99. The molecule has 1 fully saturated rings. The molecule has 2 aromatic carbocycles. The first kappa shape index (κ1) is 18.6. The molecule has 1 N–H and O–H groups in total. The van der Waals surface area contributed by atoms with Gasteiger partial charge in [-0.05, 0) is 79.4 Å². The standard InChI is InChI=1S/C23H23ClN2O2/c1-16-12-14-26(15-13-16)20-8-6-19(7-9-20)25-23(27)22-11-10-21(28-22)17-2-4-18(24)5-3-17/h2-11,16H,12-15H2,1H3,(H,25,27). The van der Waals surface area contributed by atoms with E-state index in [0.717, 1.165) is 30.3 Å². The zero-order valence-corrected chi connectivity index (χ0v) is 16.6. The molecule has 0 radical (unpaired) electrons. The third kappa shape index (κ3) is 4.23. The van der Waals surface area contributed by atoms with Gasteiger partial charge >= 0.3 is 0 Å². The molecule has 2 heterocycles. The summed E-state index contributed by atoms with van der Waals surface area (Å²) in [4.78, 5) is 14.9. The quantitative estimate of drug-likeness (QED) is 0.582. The first-order chi connectivity index (χ1) is 13.6. The Hall–Kier alpha value is -2.72. The molecule has 4 rings (SSSR count). The Kier molecular flexibility index (Phi) is 5.40. The number of nitrogens with one attached hydrogen (secondary N) is 1. The average Bonchev–Trinajstić information content (AvgIpc) is 3.20. The number of amides is 1. The Morgan fingerprint density at radius 2 is 1.68 bits per heavy atom. The molecule has 0 atom stereocenters. The molecular formula is C23H23ClN2O2. The van der Waals surface area contributed by atoms with Gasteiger partial charge in [0.05, 0.1) is 0 Å². The van der Waals surface area contributed by atoms with E-state index in [-0.39, 0.29) is 11.7 Å². The molecule has 1 aromatic heterocycles. The van der Waals surface area contributed by atoms with Crippen LogP contribution in [-0.2, 0) is 0 Å². The third-order valence-corrected chi connectivity index (χ3v) is 5.48. The van der Waals surface area contributed by atoms with E-state index in [9.17, 15) is 4.79 Å². The van der Waals surface area contributed by atoms with Gasteiger partial charge in [0.1, 0.15) is 5.76 Å². The van der Waals surface area contributed by atoms with Crippen molar-refractivity contribution >= 4 is 28.9 Å². The van der Waals surface area contributed by atoms with Crippen molar-refractivity contribution in [3.05, 3.63) is 71.4 Å². The van der Waals surface area contributed by atoms with Crippen molar-refractivity contribution in [2.24, 2.45) is 5.92 Å². The molecular weight excluding hydrogens is 372 g/mol. The van der Waals surface area contributed by atoms with Gasteiger partial charge in [0.15, 0.2) is 5.76 Å². The van der Waals surface area contributed by atoms with Crippen molar-refractivity contribution in [3.8, 4) is 11.3 Å². The highest BCUT2D eigenvalue weighted by molar-refractivity contribution is 6.30. The van der Waals surface area contributed by atoms with Crippen LogP contribution in [0.5, 0.6) is 0 Å².